The van der Waals surface area contributed by atoms with Gasteiger partial charge >= 0.3 is 0 Å². The zero-order valence-electron chi connectivity index (χ0n) is 8.91. The summed E-state index contributed by atoms with van der Waals surface area (Å²) in [4.78, 5) is 12.9. The van der Waals surface area contributed by atoms with Crippen LogP contribution in [-0.4, -0.2) is 50.7 Å². The molecule has 80 valence electrons. The van der Waals surface area contributed by atoms with Gasteiger partial charge in [-0.15, -0.1) is 0 Å². The fraction of sp³-hybridized carbons (Fsp3) is 0.778. The second-order valence-electron chi connectivity index (χ2n) is 3.25. The van der Waals surface area contributed by atoms with Crippen molar-refractivity contribution in [2.45, 2.75) is 13.0 Å². The number of carbonyl (C=O) groups is 1. The van der Waals surface area contributed by atoms with E-state index in [0.29, 0.717) is 6.61 Å². The van der Waals surface area contributed by atoms with Crippen LogP contribution in [0.3, 0.4) is 0 Å². The first-order valence-electron chi connectivity index (χ1n) is 4.44. The van der Waals surface area contributed by atoms with Crippen LogP contribution in [0.25, 0.3) is 0 Å². The Balaban J connectivity index is 3.70. The molecule has 0 rings (SSSR count). The molecule has 0 radical (unpaired) electrons. The van der Waals surface area contributed by atoms with Crippen molar-refractivity contribution in [3.05, 3.63) is 0 Å². The van der Waals surface area contributed by atoms with Crippen molar-refractivity contribution in [3.8, 4) is 6.07 Å². The van der Waals surface area contributed by atoms with Gasteiger partial charge in [0, 0.05) is 13.2 Å². The molecule has 5 nitrogen and oxygen atoms in total. The van der Waals surface area contributed by atoms with Gasteiger partial charge < -0.3 is 10.1 Å². The maximum absolute atomic E-state index is 11.3. The molecule has 1 atom stereocenters. The third-order valence-corrected chi connectivity index (χ3v) is 1.58. The van der Waals surface area contributed by atoms with E-state index in [1.807, 2.05) is 13.0 Å². The number of nitrogens with one attached hydrogen (secondary N) is 1. The van der Waals surface area contributed by atoms with E-state index >= 15 is 0 Å². The molecule has 5 heteroatoms. The Morgan fingerprint density at radius 3 is 2.86 bits per heavy atom. The summed E-state index contributed by atoms with van der Waals surface area (Å²) >= 11 is 0. The molecule has 1 N–H and O–H groups in total. The van der Waals surface area contributed by atoms with Gasteiger partial charge in [0.25, 0.3) is 0 Å². The highest BCUT2D eigenvalue weighted by molar-refractivity contribution is 5.78. The Morgan fingerprint density at radius 1 is 1.71 bits per heavy atom. The molecule has 14 heavy (non-hydrogen) atoms. The first kappa shape index (κ1) is 12.9. The van der Waals surface area contributed by atoms with Crippen LogP contribution in [0.4, 0.5) is 0 Å². The summed E-state index contributed by atoms with van der Waals surface area (Å²) in [6, 6.07) is 1.98. The predicted molar refractivity (Wildman–Crippen MR) is 52.6 cm³/mol. The first-order chi connectivity index (χ1) is 6.60. The van der Waals surface area contributed by atoms with Crippen molar-refractivity contribution in [1.82, 2.24) is 10.2 Å². The highest BCUT2D eigenvalue weighted by Crippen LogP contribution is 1.85. The molecule has 0 bridgehead atoms. The van der Waals surface area contributed by atoms with E-state index in [0.717, 1.165) is 0 Å². The highest BCUT2D eigenvalue weighted by Gasteiger charge is 2.08. The van der Waals surface area contributed by atoms with E-state index in [-0.39, 0.29) is 25.0 Å². The minimum absolute atomic E-state index is 0.00276. The van der Waals surface area contributed by atoms with E-state index in [1.165, 1.54) is 0 Å². The van der Waals surface area contributed by atoms with Gasteiger partial charge in [-0.3, -0.25) is 9.69 Å². The third-order valence-electron chi connectivity index (χ3n) is 1.58. The number of hydrogen-bond donors (Lipinski definition) is 1. The van der Waals surface area contributed by atoms with Gasteiger partial charge in [0.05, 0.1) is 25.8 Å². The number of hydrogen-bond acceptors (Lipinski definition) is 4. The van der Waals surface area contributed by atoms with Crippen molar-refractivity contribution >= 4 is 5.91 Å². The Kier molecular flexibility index (Phi) is 6.72. The van der Waals surface area contributed by atoms with E-state index < -0.39 is 0 Å². The van der Waals surface area contributed by atoms with Gasteiger partial charge in [0.15, 0.2) is 0 Å². The number of methoxy groups -OCH3 is 1. The minimum Gasteiger partial charge on any atom is -0.383 e. The van der Waals surface area contributed by atoms with Crippen LogP contribution in [-0.2, 0) is 9.53 Å². The quantitative estimate of drug-likeness (QED) is 0.591. The summed E-state index contributed by atoms with van der Waals surface area (Å²) in [5.41, 5.74) is 0. The van der Waals surface area contributed by atoms with Crippen LogP contribution >= 0.6 is 0 Å². The number of ether oxygens (including phenoxy) is 1. The third kappa shape index (κ3) is 6.40. The summed E-state index contributed by atoms with van der Waals surface area (Å²) in [5.74, 6) is -0.0905. The lowest BCUT2D eigenvalue weighted by Gasteiger charge is -2.16. The maximum atomic E-state index is 11.3. The second-order valence-corrected chi connectivity index (χ2v) is 3.25. The van der Waals surface area contributed by atoms with Gasteiger partial charge in [-0.05, 0) is 14.0 Å². The van der Waals surface area contributed by atoms with Crippen LogP contribution in [0, 0.1) is 11.3 Å². The van der Waals surface area contributed by atoms with Crippen LogP contribution in [0.5, 0.6) is 0 Å². The standard InChI is InChI=1S/C9H17N3O2/c1-8(7-14-3)11-9(13)6-12(2)5-4-10/h8H,5-7H2,1-3H3,(H,11,13). The fourth-order valence-corrected chi connectivity index (χ4v) is 1.03. The average molecular weight is 199 g/mol. The molecule has 0 aromatic heterocycles. The van der Waals surface area contributed by atoms with Crippen LogP contribution < -0.4 is 5.32 Å². The lowest BCUT2D eigenvalue weighted by atomic mass is 10.3. The van der Waals surface area contributed by atoms with Crippen molar-refractivity contribution < 1.29 is 9.53 Å². The summed E-state index contributed by atoms with van der Waals surface area (Å²) in [5, 5.41) is 11.1. The highest BCUT2D eigenvalue weighted by atomic mass is 16.5. The molecule has 0 aromatic carbocycles. The lowest BCUT2D eigenvalue weighted by molar-refractivity contribution is -0.122. The molecule has 0 heterocycles. The second kappa shape index (κ2) is 7.30. The summed E-state index contributed by atoms with van der Waals surface area (Å²) < 4.78 is 4.88. The smallest absolute Gasteiger partial charge is 0.234 e. The Morgan fingerprint density at radius 2 is 2.36 bits per heavy atom. The zero-order chi connectivity index (χ0) is 11.0. The molecular formula is C9H17N3O2. The molecule has 0 saturated heterocycles. The van der Waals surface area contributed by atoms with E-state index in [9.17, 15) is 4.79 Å². The molecule has 1 amide bonds. The van der Waals surface area contributed by atoms with E-state index in [4.69, 9.17) is 10.00 Å². The number of rotatable bonds is 6. The van der Waals surface area contributed by atoms with Gasteiger partial charge in [-0.25, -0.2) is 0 Å². The molecule has 0 fully saturated rings. The molecule has 0 spiro atoms. The first-order valence-corrected chi connectivity index (χ1v) is 4.44. The zero-order valence-corrected chi connectivity index (χ0v) is 8.91. The minimum atomic E-state index is -0.0905. The number of amides is 1. The van der Waals surface area contributed by atoms with Crippen molar-refractivity contribution in [2.75, 3.05) is 33.9 Å². The van der Waals surface area contributed by atoms with Crippen LogP contribution in [0.1, 0.15) is 6.92 Å². The molecular weight excluding hydrogens is 182 g/mol. The number of carbonyl (C=O) groups excluding carboxylic acids is 1. The molecule has 0 aliphatic carbocycles. The van der Waals surface area contributed by atoms with E-state index in [1.54, 1.807) is 19.1 Å². The normalized spacial score (nSPS) is 12.2. The fourth-order valence-electron chi connectivity index (χ4n) is 1.03. The van der Waals surface area contributed by atoms with E-state index in [2.05, 4.69) is 5.32 Å². The van der Waals surface area contributed by atoms with Gasteiger partial charge in [-0.1, -0.05) is 0 Å². The Labute approximate surface area is 84.6 Å². The molecule has 0 saturated carbocycles. The van der Waals surface area contributed by atoms with Crippen LogP contribution in [0.2, 0.25) is 0 Å². The summed E-state index contributed by atoms with van der Waals surface area (Å²) in [6.07, 6.45) is 0. The molecule has 0 aromatic rings. The number of nitriles is 1. The van der Waals surface area contributed by atoms with Gasteiger partial charge in [0.2, 0.25) is 5.91 Å². The Bertz CT molecular complexity index is 213. The number of likely N-dealkylation sites (N-methyl/N-ethyl adjacent to an activating group) is 1. The van der Waals surface area contributed by atoms with Crippen molar-refractivity contribution in [3.63, 3.8) is 0 Å². The molecule has 0 aliphatic rings. The largest absolute Gasteiger partial charge is 0.383 e. The monoisotopic (exact) mass is 199 g/mol. The average Bonchev–Trinajstić information content (AvgIpc) is 2.03. The maximum Gasteiger partial charge on any atom is 0.234 e. The summed E-state index contributed by atoms with van der Waals surface area (Å²) in [7, 11) is 3.31. The van der Waals surface area contributed by atoms with Crippen molar-refractivity contribution in [1.29, 1.82) is 5.26 Å². The molecule has 0 aliphatic heterocycles. The van der Waals surface area contributed by atoms with Crippen LogP contribution in [0.15, 0.2) is 0 Å². The summed E-state index contributed by atoms with van der Waals surface area (Å²) in [6.45, 7) is 2.85. The van der Waals surface area contributed by atoms with Gasteiger partial charge in [0.1, 0.15) is 0 Å². The Hall–Kier alpha value is -1.12. The van der Waals surface area contributed by atoms with Crippen molar-refractivity contribution in [2.24, 2.45) is 0 Å². The topological polar surface area (TPSA) is 65.4 Å². The predicted octanol–water partition coefficient (Wildman–Crippen LogP) is -0.407. The lowest BCUT2D eigenvalue weighted by Crippen LogP contribution is -2.41. The SMILES string of the molecule is COCC(C)NC(=O)CN(C)CC#N. The van der Waals surface area contributed by atoms with Gasteiger partial charge in [-0.2, -0.15) is 5.26 Å². The molecule has 1 unspecified atom stereocenters. The number of nitrogens with zero attached hydrogens (tertiary/aromatic N) is 2.